The first-order valence-corrected chi connectivity index (χ1v) is 21.7. The summed E-state index contributed by atoms with van der Waals surface area (Å²) in [4.78, 5) is 0. The van der Waals surface area contributed by atoms with Crippen LogP contribution in [-0.4, -0.2) is 24.2 Å². The quantitative estimate of drug-likeness (QED) is 0.211. The average Bonchev–Trinajstić information content (AvgIpc) is 2.43. The lowest BCUT2D eigenvalue weighted by Crippen LogP contribution is -2.17. The number of rotatable bonds is 0. The average molecular weight is 603 g/mol. The van der Waals surface area contributed by atoms with Gasteiger partial charge in [0.25, 0.3) is 0 Å². The molecular formula is C21H27Br3Si3. The first-order valence-electron chi connectivity index (χ1n) is 8.82. The molecule has 0 amide bonds. The minimum absolute atomic E-state index is 0.941. The Kier molecular flexibility index (Phi) is 8.53. The molecule has 0 spiro atoms. The molecule has 0 nitrogen and oxygen atoms in total. The van der Waals surface area contributed by atoms with Gasteiger partial charge in [-0.1, -0.05) is 76.7 Å². The Labute approximate surface area is 194 Å². The molecule has 0 radical (unpaired) electrons. The van der Waals surface area contributed by atoms with Crippen LogP contribution in [-0.2, 0) is 0 Å². The van der Waals surface area contributed by atoms with E-state index in [4.69, 9.17) is 0 Å². The second-order valence-electron chi connectivity index (χ2n) is 9.57. The van der Waals surface area contributed by atoms with Crippen molar-refractivity contribution in [2.45, 2.75) is 58.9 Å². The summed E-state index contributed by atoms with van der Waals surface area (Å²) in [6.45, 7) is 20.2. The van der Waals surface area contributed by atoms with Gasteiger partial charge >= 0.3 is 0 Å². The first-order chi connectivity index (χ1) is 12.0. The van der Waals surface area contributed by atoms with E-state index in [1.165, 1.54) is 0 Å². The van der Waals surface area contributed by atoms with Crippen molar-refractivity contribution in [1.82, 2.24) is 0 Å². The van der Waals surface area contributed by atoms with Gasteiger partial charge in [-0.05, 0) is 47.8 Å². The van der Waals surface area contributed by atoms with Crippen molar-refractivity contribution < 1.29 is 0 Å². The summed E-state index contributed by atoms with van der Waals surface area (Å²) in [5, 5.41) is 0. The van der Waals surface area contributed by atoms with E-state index in [1.807, 2.05) is 0 Å². The van der Waals surface area contributed by atoms with Crippen LogP contribution in [0.4, 0.5) is 0 Å². The van der Waals surface area contributed by atoms with Crippen LogP contribution in [0.3, 0.4) is 0 Å². The molecule has 1 aromatic carbocycles. The predicted molar refractivity (Wildman–Crippen MR) is 140 cm³/mol. The summed E-state index contributed by atoms with van der Waals surface area (Å²) in [5.74, 6) is 10.2. The Balaban J connectivity index is 3.90. The molecule has 6 heteroatoms. The van der Waals surface area contributed by atoms with Crippen molar-refractivity contribution in [3.05, 3.63) is 30.1 Å². The van der Waals surface area contributed by atoms with Crippen LogP contribution >= 0.6 is 47.8 Å². The van der Waals surface area contributed by atoms with Gasteiger partial charge in [0.05, 0.1) is 30.1 Å². The van der Waals surface area contributed by atoms with Crippen LogP contribution < -0.4 is 0 Å². The van der Waals surface area contributed by atoms with Gasteiger partial charge in [-0.25, -0.2) is 0 Å². The van der Waals surface area contributed by atoms with Crippen LogP contribution in [0.2, 0.25) is 58.9 Å². The van der Waals surface area contributed by atoms with E-state index in [9.17, 15) is 0 Å². The SMILES string of the molecule is C[Si](C)(C)C#Cc1c(Br)c(C#C[Si](C)(C)C)c(Br)c(C#C[Si](C)(C)C)c1Br. The van der Waals surface area contributed by atoms with E-state index < -0.39 is 24.2 Å². The van der Waals surface area contributed by atoms with Gasteiger partial charge in [0, 0.05) is 0 Å². The van der Waals surface area contributed by atoms with Crippen molar-refractivity contribution in [1.29, 1.82) is 0 Å². The van der Waals surface area contributed by atoms with Gasteiger partial charge in [0.15, 0.2) is 0 Å². The Bertz CT molecular complexity index is 779. The molecule has 0 saturated carbocycles. The maximum absolute atomic E-state index is 3.77. The fourth-order valence-electron chi connectivity index (χ4n) is 1.74. The van der Waals surface area contributed by atoms with Crippen LogP contribution in [0, 0.1) is 34.4 Å². The molecule has 0 fully saturated rings. The van der Waals surface area contributed by atoms with E-state index >= 15 is 0 Å². The topological polar surface area (TPSA) is 0 Å². The molecule has 1 rings (SSSR count). The fourth-order valence-corrected chi connectivity index (χ4v) is 5.83. The van der Waals surface area contributed by atoms with E-state index in [-0.39, 0.29) is 0 Å². The summed E-state index contributed by atoms with van der Waals surface area (Å²) in [5.41, 5.74) is 13.3. The lowest BCUT2D eigenvalue weighted by molar-refractivity contribution is 1.43. The molecule has 0 N–H and O–H groups in total. The summed E-state index contributed by atoms with van der Waals surface area (Å²) in [6, 6.07) is 0. The molecule has 0 heterocycles. The maximum Gasteiger partial charge on any atom is 0.129 e. The van der Waals surface area contributed by atoms with Crippen LogP contribution in [0.1, 0.15) is 16.7 Å². The highest BCUT2D eigenvalue weighted by molar-refractivity contribution is 9.11. The smallest absolute Gasteiger partial charge is 0.127 e. The number of hydrogen-bond donors (Lipinski definition) is 0. The summed E-state index contributed by atoms with van der Waals surface area (Å²) in [6.07, 6.45) is 0. The third-order valence-electron chi connectivity index (χ3n) is 3.00. The van der Waals surface area contributed by atoms with Gasteiger partial charge in [-0.2, -0.15) is 0 Å². The third-order valence-corrected chi connectivity index (χ3v) is 8.01. The Morgan fingerprint density at radius 3 is 0.778 bits per heavy atom. The summed E-state index contributed by atoms with van der Waals surface area (Å²) < 4.78 is 2.82. The van der Waals surface area contributed by atoms with Gasteiger partial charge < -0.3 is 0 Å². The molecular weight excluding hydrogens is 576 g/mol. The second kappa shape index (κ2) is 9.21. The van der Waals surface area contributed by atoms with Crippen LogP contribution in [0.15, 0.2) is 13.4 Å². The highest BCUT2D eigenvalue weighted by Crippen LogP contribution is 2.38. The Morgan fingerprint density at radius 2 is 0.630 bits per heavy atom. The zero-order chi connectivity index (χ0) is 21.2. The van der Waals surface area contributed by atoms with E-state index in [0.717, 1.165) is 30.1 Å². The Morgan fingerprint density at radius 1 is 0.444 bits per heavy atom. The van der Waals surface area contributed by atoms with Crippen molar-refractivity contribution in [3.63, 3.8) is 0 Å². The zero-order valence-corrected chi connectivity index (χ0v) is 25.4. The minimum atomic E-state index is -1.50. The molecule has 27 heavy (non-hydrogen) atoms. The molecule has 0 aliphatic heterocycles. The zero-order valence-electron chi connectivity index (χ0n) is 17.6. The van der Waals surface area contributed by atoms with Crippen LogP contribution in [0.5, 0.6) is 0 Å². The molecule has 144 valence electrons. The first kappa shape index (κ1) is 25.0. The van der Waals surface area contributed by atoms with Crippen LogP contribution in [0.25, 0.3) is 0 Å². The van der Waals surface area contributed by atoms with E-state index in [1.54, 1.807) is 0 Å². The molecule has 0 bridgehead atoms. The molecule has 0 aliphatic carbocycles. The van der Waals surface area contributed by atoms with Crippen molar-refractivity contribution in [3.8, 4) is 34.4 Å². The van der Waals surface area contributed by atoms with Gasteiger partial charge in [-0.15, -0.1) is 16.6 Å². The normalized spacial score (nSPS) is 11.6. The van der Waals surface area contributed by atoms with Crippen molar-refractivity contribution in [2.24, 2.45) is 0 Å². The highest BCUT2D eigenvalue weighted by Gasteiger charge is 2.20. The Hall–Kier alpha value is -0.00935. The second-order valence-corrected chi connectivity index (χ2v) is 26.2. The van der Waals surface area contributed by atoms with Crippen molar-refractivity contribution >= 4 is 72.0 Å². The maximum atomic E-state index is 3.77. The standard InChI is InChI=1S/C21H27Br3Si3/c1-25(2,3)13-10-16-19(22)17(11-14-26(4,5)6)21(24)18(20(16)23)12-15-27(7,8)9/h1-9H3. The molecule has 0 unspecified atom stereocenters. The summed E-state index contributed by atoms with van der Waals surface area (Å²) >= 11 is 11.3. The number of hydrogen-bond acceptors (Lipinski definition) is 0. The van der Waals surface area contributed by atoms with Gasteiger partial charge in [-0.3, -0.25) is 0 Å². The number of benzene rings is 1. The minimum Gasteiger partial charge on any atom is -0.127 e. The summed E-state index contributed by atoms with van der Waals surface area (Å²) in [7, 11) is -4.51. The predicted octanol–water partition coefficient (Wildman–Crippen LogP) is 7.66. The third kappa shape index (κ3) is 8.48. The fraction of sp³-hybridized carbons (Fsp3) is 0.429. The molecule has 0 aromatic heterocycles. The number of halogens is 3. The molecule has 1 aromatic rings. The monoisotopic (exact) mass is 600 g/mol. The van der Waals surface area contributed by atoms with Gasteiger partial charge in [0.2, 0.25) is 0 Å². The highest BCUT2D eigenvalue weighted by atomic mass is 79.9. The van der Waals surface area contributed by atoms with E-state index in [2.05, 4.69) is 141 Å². The van der Waals surface area contributed by atoms with Crippen molar-refractivity contribution in [2.75, 3.05) is 0 Å². The lowest BCUT2D eigenvalue weighted by Gasteiger charge is -2.13. The van der Waals surface area contributed by atoms with Gasteiger partial charge in [0.1, 0.15) is 24.2 Å². The molecule has 0 saturated heterocycles. The van der Waals surface area contributed by atoms with E-state index in [0.29, 0.717) is 0 Å². The largest absolute Gasteiger partial charge is 0.129 e. The molecule has 0 aliphatic rings. The molecule has 0 atom stereocenters. The lowest BCUT2D eigenvalue weighted by atomic mass is 10.1.